The zero-order chi connectivity index (χ0) is 20.9. The molecular formula is C18H17ClN2O7S. The van der Waals surface area contributed by atoms with Gasteiger partial charge in [0.1, 0.15) is 0 Å². The van der Waals surface area contributed by atoms with Crippen LogP contribution in [0.5, 0.6) is 11.5 Å². The van der Waals surface area contributed by atoms with Gasteiger partial charge in [-0.3, -0.25) is 9.59 Å². The van der Waals surface area contributed by atoms with E-state index in [1.807, 2.05) is 0 Å². The van der Waals surface area contributed by atoms with Crippen LogP contribution in [0.2, 0.25) is 5.02 Å². The number of fused-ring (bicyclic) bond motifs is 1. The van der Waals surface area contributed by atoms with Crippen molar-refractivity contribution >= 4 is 39.2 Å². The second-order valence-corrected chi connectivity index (χ2v) is 8.08. The van der Waals surface area contributed by atoms with E-state index in [1.165, 1.54) is 24.3 Å². The van der Waals surface area contributed by atoms with E-state index in [0.717, 1.165) is 0 Å². The Kier molecular flexibility index (Phi) is 6.57. The van der Waals surface area contributed by atoms with Crippen molar-refractivity contribution in [1.29, 1.82) is 0 Å². The molecule has 29 heavy (non-hydrogen) atoms. The van der Waals surface area contributed by atoms with Crippen molar-refractivity contribution in [2.75, 3.05) is 25.3 Å². The summed E-state index contributed by atoms with van der Waals surface area (Å²) >= 11 is 5.72. The number of anilines is 1. The lowest BCUT2D eigenvalue weighted by Gasteiger charge is -2.08. The highest BCUT2D eigenvalue weighted by Gasteiger charge is 2.16. The maximum Gasteiger partial charge on any atom is 0.307 e. The van der Waals surface area contributed by atoms with Crippen molar-refractivity contribution in [3.63, 3.8) is 0 Å². The molecule has 2 N–H and O–H groups in total. The van der Waals surface area contributed by atoms with E-state index < -0.39 is 28.5 Å². The standard InChI is InChI=1S/C18H17ClN2O7S/c19-12-1-4-14(5-2-12)29(24,25)20-8-7-18(23)26-10-17(22)21-13-3-6-15-16(9-13)28-11-27-15/h1-6,9,20H,7-8,10-11H2,(H,21,22). The lowest BCUT2D eigenvalue weighted by molar-refractivity contribution is -0.147. The average molecular weight is 441 g/mol. The van der Waals surface area contributed by atoms with Crippen molar-refractivity contribution in [1.82, 2.24) is 4.72 Å². The molecule has 1 heterocycles. The number of ether oxygens (including phenoxy) is 3. The molecule has 0 radical (unpaired) electrons. The lowest BCUT2D eigenvalue weighted by Crippen LogP contribution is -2.27. The third kappa shape index (κ3) is 5.83. The van der Waals surface area contributed by atoms with Crippen molar-refractivity contribution in [3.05, 3.63) is 47.5 Å². The molecule has 11 heteroatoms. The number of rotatable bonds is 8. The van der Waals surface area contributed by atoms with E-state index in [1.54, 1.807) is 18.2 Å². The molecule has 0 aromatic heterocycles. The minimum Gasteiger partial charge on any atom is -0.456 e. The molecule has 154 valence electrons. The Morgan fingerprint density at radius 2 is 1.79 bits per heavy atom. The van der Waals surface area contributed by atoms with Gasteiger partial charge < -0.3 is 19.5 Å². The number of amides is 1. The highest BCUT2D eigenvalue weighted by molar-refractivity contribution is 7.89. The number of carbonyl (C=O) groups excluding carboxylic acids is 2. The molecule has 0 unspecified atom stereocenters. The van der Waals surface area contributed by atoms with Gasteiger partial charge in [0, 0.05) is 23.3 Å². The summed E-state index contributed by atoms with van der Waals surface area (Å²) in [6.45, 7) is -0.559. The molecule has 0 spiro atoms. The molecule has 0 atom stereocenters. The van der Waals surface area contributed by atoms with Crippen LogP contribution >= 0.6 is 11.6 Å². The Morgan fingerprint density at radius 1 is 1.07 bits per heavy atom. The summed E-state index contributed by atoms with van der Waals surface area (Å²) in [5.41, 5.74) is 0.464. The summed E-state index contributed by atoms with van der Waals surface area (Å²) in [7, 11) is -3.77. The number of carbonyl (C=O) groups is 2. The minimum absolute atomic E-state index is 0.0263. The number of esters is 1. The first-order valence-corrected chi connectivity index (χ1v) is 10.3. The monoisotopic (exact) mass is 440 g/mol. The number of nitrogens with one attached hydrogen (secondary N) is 2. The summed E-state index contributed by atoms with van der Waals surface area (Å²) in [5.74, 6) is -0.174. The second kappa shape index (κ2) is 9.12. The first kappa shape index (κ1) is 20.9. The topological polar surface area (TPSA) is 120 Å². The molecule has 1 aliphatic heterocycles. The van der Waals surface area contributed by atoms with Crippen molar-refractivity contribution in [2.45, 2.75) is 11.3 Å². The average Bonchev–Trinajstić information content (AvgIpc) is 3.14. The van der Waals surface area contributed by atoms with Crippen molar-refractivity contribution in [3.8, 4) is 11.5 Å². The third-order valence-electron chi connectivity index (χ3n) is 3.77. The maximum absolute atomic E-state index is 12.1. The first-order valence-electron chi connectivity index (χ1n) is 8.44. The summed E-state index contributed by atoms with van der Waals surface area (Å²) in [6, 6.07) is 10.5. The number of hydrogen-bond donors (Lipinski definition) is 2. The van der Waals surface area contributed by atoms with Crippen LogP contribution in [0.15, 0.2) is 47.4 Å². The van der Waals surface area contributed by atoms with Crippen LogP contribution in [-0.2, 0) is 24.3 Å². The highest BCUT2D eigenvalue weighted by Crippen LogP contribution is 2.34. The van der Waals surface area contributed by atoms with E-state index in [0.29, 0.717) is 22.2 Å². The molecule has 1 amide bonds. The highest BCUT2D eigenvalue weighted by atomic mass is 35.5. The lowest BCUT2D eigenvalue weighted by atomic mass is 10.3. The number of halogens is 1. The van der Waals surface area contributed by atoms with Gasteiger partial charge in [0.15, 0.2) is 18.1 Å². The van der Waals surface area contributed by atoms with Gasteiger partial charge in [-0.05, 0) is 36.4 Å². The Labute approximate surface area is 171 Å². The van der Waals surface area contributed by atoms with Crippen LogP contribution in [0.3, 0.4) is 0 Å². The fourth-order valence-corrected chi connectivity index (χ4v) is 3.53. The van der Waals surface area contributed by atoms with Crippen LogP contribution in [0, 0.1) is 0 Å². The number of benzene rings is 2. The Balaban J connectivity index is 1.39. The van der Waals surface area contributed by atoms with E-state index in [-0.39, 0.29) is 24.7 Å². The summed E-state index contributed by atoms with van der Waals surface area (Å²) in [4.78, 5) is 23.6. The third-order valence-corrected chi connectivity index (χ3v) is 5.49. The number of hydrogen-bond acceptors (Lipinski definition) is 7. The molecule has 1 aliphatic rings. The zero-order valence-corrected chi connectivity index (χ0v) is 16.6. The first-order chi connectivity index (χ1) is 13.8. The predicted molar refractivity (Wildman–Crippen MR) is 103 cm³/mol. The molecule has 9 nitrogen and oxygen atoms in total. The van der Waals surface area contributed by atoms with Crippen LogP contribution in [0.25, 0.3) is 0 Å². The van der Waals surface area contributed by atoms with Gasteiger partial charge >= 0.3 is 5.97 Å². The Bertz CT molecular complexity index is 1010. The molecule has 0 saturated heterocycles. The molecule has 0 fully saturated rings. The molecule has 0 saturated carbocycles. The second-order valence-electron chi connectivity index (χ2n) is 5.88. The molecule has 0 bridgehead atoms. The normalized spacial score (nSPS) is 12.4. The van der Waals surface area contributed by atoms with Gasteiger partial charge in [0.05, 0.1) is 11.3 Å². The Morgan fingerprint density at radius 3 is 2.55 bits per heavy atom. The van der Waals surface area contributed by atoms with E-state index in [2.05, 4.69) is 10.0 Å². The van der Waals surface area contributed by atoms with Crippen LogP contribution in [0.1, 0.15) is 6.42 Å². The molecule has 2 aromatic rings. The van der Waals surface area contributed by atoms with E-state index >= 15 is 0 Å². The fourth-order valence-electron chi connectivity index (χ4n) is 2.37. The number of sulfonamides is 1. The smallest absolute Gasteiger partial charge is 0.307 e. The summed E-state index contributed by atoms with van der Waals surface area (Å²) < 4.78 is 41.7. The fraction of sp³-hybridized carbons (Fsp3) is 0.222. The molecule has 0 aliphatic carbocycles. The van der Waals surface area contributed by atoms with Crippen LogP contribution < -0.4 is 19.5 Å². The van der Waals surface area contributed by atoms with Gasteiger partial charge in [-0.2, -0.15) is 0 Å². The molecular weight excluding hydrogens is 424 g/mol. The van der Waals surface area contributed by atoms with Gasteiger partial charge in [0.2, 0.25) is 16.8 Å². The minimum atomic E-state index is -3.77. The van der Waals surface area contributed by atoms with E-state index in [4.69, 9.17) is 25.8 Å². The Hall–Kier alpha value is -2.82. The SMILES string of the molecule is O=C(COC(=O)CCNS(=O)(=O)c1ccc(Cl)cc1)Nc1ccc2c(c1)OCO2. The molecule has 3 rings (SSSR count). The van der Waals surface area contributed by atoms with Gasteiger partial charge in [-0.1, -0.05) is 11.6 Å². The summed E-state index contributed by atoms with van der Waals surface area (Å²) in [6.07, 6.45) is -0.232. The quantitative estimate of drug-likeness (QED) is 0.601. The van der Waals surface area contributed by atoms with E-state index in [9.17, 15) is 18.0 Å². The van der Waals surface area contributed by atoms with Crippen molar-refractivity contribution in [2.24, 2.45) is 0 Å². The molecule has 2 aromatic carbocycles. The predicted octanol–water partition coefficient (Wildman–Crippen LogP) is 1.92. The largest absolute Gasteiger partial charge is 0.456 e. The van der Waals surface area contributed by atoms with Crippen LogP contribution in [0.4, 0.5) is 5.69 Å². The maximum atomic E-state index is 12.1. The van der Waals surface area contributed by atoms with Gasteiger partial charge in [-0.15, -0.1) is 0 Å². The van der Waals surface area contributed by atoms with Crippen molar-refractivity contribution < 1.29 is 32.2 Å². The zero-order valence-electron chi connectivity index (χ0n) is 15.0. The summed E-state index contributed by atoms with van der Waals surface area (Å²) in [5, 5.41) is 2.97. The van der Waals surface area contributed by atoms with Gasteiger partial charge in [-0.25, -0.2) is 13.1 Å². The van der Waals surface area contributed by atoms with Crippen LogP contribution in [-0.4, -0.2) is 40.2 Å². The van der Waals surface area contributed by atoms with Gasteiger partial charge in [0.25, 0.3) is 5.91 Å².